The molecule has 0 heterocycles. The summed E-state index contributed by atoms with van der Waals surface area (Å²) in [6.07, 6.45) is 0.732. The Kier molecular flexibility index (Phi) is 4.74. The predicted molar refractivity (Wildman–Crippen MR) is 48.4 cm³/mol. The summed E-state index contributed by atoms with van der Waals surface area (Å²) in [5, 5.41) is 0. The number of rotatable bonds is 5. The second kappa shape index (κ2) is 4.79. The third-order valence-corrected chi connectivity index (χ3v) is 2.48. The summed E-state index contributed by atoms with van der Waals surface area (Å²) in [6, 6.07) is 0. The molecule has 0 amide bonds. The first-order valence-electron chi connectivity index (χ1n) is 4.00. The Morgan fingerprint density at radius 3 is 2.17 bits per heavy atom. The summed E-state index contributed by atoms with van der Waals surface area (Å²) in [7, 11) is -3.86. The molecular weight excluding hydrogens is 178 g/mol. The van der Waals surface area contributed by atoms with Crippen LogP contribution in [0.2, 0.25) is 0 Å². The van der Waals surface area contributed by atoms with E-state index in [0.717, 1.165) is 6.42 Å². The van der Waals surface area contributed by atoms with E-state index in [1.165, 1.54) is 0 Å². The fourth-order valence-corrected chi connectivity index (χ4v) is 2.06. The minimum Gasteiger partial charge on any atom is -0.330 e. The fraction of sp³-hybridized carbons (Fsp3) is 1.00. The van der Waals surface area contributed by atoms with Crippen LogP contribution in [-0.4, -0.2) is 25.3 Å². The second-order valence-electron chi connectivity index (χ2n) is 3.48. The highest BCUT2D eigenvalue weighted by atomic mass is 32.2. The lowest BCUT2D eigenvalue weighted by molar-refractivity contribution is 0.421. The van der Waals surface area contributed by atoms with Crippen LogP contribution in [0.4, 0.5) is 0 Å². The van der Waals surface area contributed by atoms with E-state index < -0.39 is 10.1 Å². The highest BCUT2D eigenvalue weighted by Crippen LogP contribution is 2.11. The molecule has 0 saturated heterocycles. The number of hydrogen-bond donors (Lipinski definition) is 2. The molecule has 74 valence electrons. The zero-order chi connectivity index (χ0) is 9.78. The van der Waals surface area contributed by atoms with E-state index in [9.17, 15) is 8.42 Å². The number of nitrogens with two attached hydrogens (primary N) is 1. The van der Waals surface area contributed by atoms with Gasteiger partial charge < -0.3 is 5.73 Å². The maximum atomic E-state index is 10.5. The van der Waals surface area contributed by atoms with Gasteiger partial charge in [0.25, 0.3) is 10.1 Å². The Bertz CT molecular complexity index is 211. The molecule has 4 nitrogen and oxygen atoms in total. The van der Waals surface area contributed by atoms with Crippen molar-refractivity contribution >= 4 is 10.1 Å². The summed E-state index contributed by atoms with van der Waals surface area (Å²) in [6.45, 7) is 4.29. The molecule has 12 heavy (non-hydrogen) atoms. The number of hydrogen-bond acceptors (Lipinski definition) is 3. The topological polar surface area (TPSA) is 80.4 Å². The van der Waals surface area contributed by atoms with E-state index in [2.05, 4.69) is 0 Å². The molecule has 0 aromatic carbocycles. The zero-order valence-electron chi connectivity index (χ0n) is 7.53. The first-order chi connectivity index (χ1) is 5.35. The van der Waals surface area contributed by atoms with E-state index in [-0.39, 0.29) is 11.7 Å². The van der Waals surface area contributed by atoms with E-state index in [1.54, 1.807) is 0 Å². The molecule has 1 atom stereocenters. The van der Waals surface area contributed by atoms with Gasteiger partial charge in [0, 0.05) is 0 Å². The molecule has 0 aliphatic heterocycles. The standard InChI is InChI=1S/C7H17NO3S/c1-6(2)3-7(4-8)5-12(9,10)11/h6-7H,3-5,8H2,1-2H3,(H,9,10,11). The van der Waals surface area contributed by atoms with Gasteiger partial charge in [0.1, 0.15) is 0 Å². The highest BCUT2D eigenvalue weighted by molar-refractivity contribution is 7.85. The van der Waals surface area contributed by atoms with Gasteiger partial charge in [-0.2, -0.15) is 8.42 Å². The zero-order valence-corrected chi connectivity index (χ0v) is 8.34. The molecule has 3 N–H and O–H groups in total. The van der Waals surface area contributed by atoms with Gasteiger partial charge in [-0.3, -0.25) is 4.55 Å². The Morgan fingerprint density at radius 1 is 1.42 bits per heavy atom. The smallest absolute Gasteiger partial charge is 0.265 e. The third kappa shape index (κ3) is 6.57. The summed E-state index contributed by atoms with van der Waals surface area (Å²) < 4.78 is 29.5. The molecule has 0 rings (SSSR count). The van der Waals surface area contributed by atoms with Crippen molar-refractivity contribution in [1.82, 2.24) is 0 Å². The largest absolute Gasteiger partial charge is 0.330 e. The first-order valence-corrected chi connectivity index (χ1v) is 5.61. The minimum absolute atomic E-state index is 0.125. The molecule has 0 bridgehead atoms. The van der Waals surface area contributed by atoms with Gasteiger partial charge in [-0.05, 0) is 24.8 Å². The molecule has 5 heteroatoms. The third-order valence-electron chi connectivity index (χ3n) is 1.58. The van der Waals surface area contributed by atoms with Crippen molar-refractivity contribution in [3.63, 3.8) is 0 Å². The molecule has 0 aliphatic carbocycles. The lowest BCUT2D eigenvalue weighted by Gasteiger charge is -2.14. The van der Waals surface area contributed by atoms with Crippen molar-refractivity contribution < 1.29 is 13.0 Å². The van der Waals surface area contributed by atoms with Crippen molar-refractivity contribution in [2.45, 2.75) is 20.3 Å². The van der Waals surface area contributed by atoms with Crippen LogP contribution in [0, 0.1) is 11.8 Å². The molecule has 0 fully saturated rings. The normalized spacial score (nSPS) is 15.1. The van der Waals surface area contributed by atoms with Crippen LogP contribution < -0.4 is 5.73 Å². The first kappa shape index (κ1) is 11.9. The van der Waals surface area contributed by atoms with Gasteiger partial charge in [-0.1, -0.05) is 13.8 Å². The average molecular weight is 195 g/mol. The molecular formula is C7H17NO3S. The molecule has 0 aromatic rings. The van der Waals surface area contributed by atoms with Gasteiger partial charge in [0.15, 0.2) is 0 Å². The summed E-state index contributed by atoms with van der Waals surface area (Å²) >= 11 is 0. The van der Waals surface area contributed by atoms with E-state index in [1.807, 2.05) is 13.8 Å². The van der Waals surface area contributed by atoms with Crippen molar-refractivity contribution in [2.75, 3.05) is 12.3 Å². The van der Waals surface area contributed by atoms with E-state index in [0.29, 0.717) is 12.5 Å². The van der Waals surface area contributed by atoms with Crippen LogP contribution in [0.5, 0.6) is 0 Å². The molecule has 1 unspecified atom stereocenters. The Morgan fingerprint density at radius 2 is 1.92 bits per heavy atom. The van der Waals surface area contributed by atoms with Crippen LogP contribution >= 0.6 is 0 Å². The van der Waals surface area contributed by atoms with Crippen LogP contribution in [0.3, 0.4) is 0 Å². The Hall–Kier alpha value is -0.130. The minimum atomic E-state index is -3.86. The molecule has 0 saturated carbocycles. The molecule has 0 aromatic heterocycles. The van der Waals surface area contributed by atoms with Gasteiger partial charge >= 0.3 is 0 Å². The van der Waals surface area contributed by atoms with Crippen LogP contribution in [0.25, 0.3) is 0 Å². The molecule has 0 aliphatic rings. The summed E-state index contributed by atoms with van der Waals surface area (Å²) in [5.74, 6) is 0.0575. The van der Waals surface area contributed by atoms with Crippen molar-refractivity contribution in [2.24, 2.45) is 17.6 Å². The molecule has 0 radical (unpaired) electrons. The fourth-order valence-electron chi connectivity index (χ4n) is 1.20. The van der Waals surface area contributed by atoms with Crippen LogP contribution in [0.15, 0.2) is 0 Å². The van der Waals surface area contributed by atoms with Crippen LogP contribution in [-0.2, 0) is 10.1 Å². The van der Waals surface area contributed by atoms with Crippen molar-refractivity contribution in [3.8, 4) is 0 Å². The van der Waals surface area contributed by atoms with Crippen molar-refractivity contribution in [3.05, 3.63) is 0 Å². The maximum Gasteiger partial charge on any atom is 0.265 e. The lowest BCUT2D eigenvalue weighted by atomic mass is 9.99. The molecule has 0 spiro atoms. The maximum absolute atomic E-state index is 10.5. The van der Waals surface area contributed by atoms with E-state index >= 15 is 0 Å². The Balaban J connectivity index is 4.01. The van der Waals surface area contributed by atoms with Gasteiger partial charge in [-0.25, -0.2) is 0 Å². The lowest BCUT2D eigenvalue weighted by Crippen LogP contribution is -2.24. The van der Waals surface area contributed by atoms with Gasteiger partial charge in [-0.15, -0.1) is 0 Å². The Labute approximate surface area is 73.9 Å². The van der Waals surface area contributed by atoms with E-state index in [4.69, 9.17) is 10.3 Å². The van der Waals surface area contributed by atoms with Crippen molar-refractivity contribution in [1.29, 1.82) is 0 Å². The van der Waals surface area contributed by atoms with Gasteiger partial charge in [0.2, 0.25) is 0 Å². The summed E-state index contributed by atoms with van der Waals surface area (Å²) in [5.41, 5.74) is 5.35. The van der Waals surface area contributed by atoms with Crippen LogP contribution in [0.1, 0.15) is 20.3 Å². The monoisotopic (exact) mass is 195 g/mol. The predicted octanol–water partition coefficient (Wildman–Crippen LogP) is 0.495. The van der Waals surface area contributed by atoms with Gasteiger partial charge in [0.05, 0.1) is 5.75 Å². The quantitative estimate of drug-likeness (QED) is 0.626. The average Bonchev–Trinajstić information content (AvgIpc) is 1.82. The SMILES string of the molecule is CC(C)CC(CN)CS(=O)(=O)O. The summed E-state index contributed by atoms with van der Waals surface area (Å²) in [4.78, 5) is 0. The second-order valence-corrected chi connectivity index (χ2v) is 4.98. The highest BCUT2D eigenvalue weighted by Gasteiger charge is 2.16.